The minimum absolute atomic E-state index is 0.229. The topological polar surface area (TPSA) is 57.6 Å². The van der Waals surface area contributed by atoms with Gasteiger partial charge in [0.1, 0.15) is 5.75 Å². The minimum Gasteiger partial charge on any atom is -0.508 e. The first kappa shape index (κ1) is 16.0. The van der Waals surface area contributed by atoms with E-state index in [2.05, 4.69) is 11.0 Å². The van der Waals surface area contributed by atoms with Crippen LogP contribution in [-0.2, 0) is 9.84 Å². The molecular weight excluding hydrogens is 286 g/mol. The highest BCUT2D eigenvalue weighted by atomic mass is 32.2. The number of aromatic hydroxyl groups is 1. The van der Waals surface area contributed by atoms with Crippen molar-refractivity contribution in [3.05, 3.63) is 35.9 Å². The quantitative estimate of drug-likeness (QED) is 0.907. The van der Waals surface area contributed by atoms with Crippen molar-refractivity contribution in [2.45, 2.75) is 25.5 Å². The molecule has 0 unspecified atom stereocenters. The van der Waals surface area contributed by atoms with Crippen LogP contribution in [0, 0.1) is 0 Å². The number of hydrogen-bond acceptors (Lipinski definition) is 4. The Bertz CT molecular complexity index is 603. The van der Waals surface area contributed by atoms with Crippen LogP contribution < -0.4 is 0 Å². The fourth-order valence-electron chi connectivity index (χ4n) is 2.34. The van der Waals surface area contributed by atoms with Crippen LogP contribution in [0.3, 0.4) is 0 Å². The first-order valence-electron chi connectivity index (χ1n) is 7.31. The first-order chi connectivity index (χ1) is 9.88. The maximum atomic E-state index is 11.8. The monoisotopic (exact) mass is 309 g/mol. The summed E-state index contributed by atoms with van der Waals surface area (Å²) >= 11 is 0. The van der Waals surface area contributed by atoms with Crippen molar-refractivity contribution in [2.24, 2.45) is 0 Å². The number of nitrogens with zero attached hydrogens (tertiary/aromatic N) is 1. The zero-order valence-electron chi connectivity index (χ0n) is 12.6. The second-order valence-corrected chi connectivity index (χ2v) is 8.42. The van der Waals surface area contributed by atoms with Crippen molar-refractivity contribution in [2.75, 3.05) is 25.4 Å². The number of hydrogen-bond donors (Lipinski definition) is 1. The number of benzene rings is 1. The van der Waals surface area contributed by atoms with Crippen molar-refractivity contribution in [1.29, 1.82) is 0 Å². The van der Waals surface area contributed by atoms with E-state index in [1.165, 1.54) is 5.57 Å². The second kappa shape index (κ2) is 6.62. The molecule has 0 atom stereocenters. The predicted octanol–water partition coefficient (Wildman–Crippen LogP) is 2.30. The molecule has 1 N–H and O–H groups in total. The molecule has 1 heterocycles. The smallest absolute Gasteiger partial charge is 0.153 e. The SMILES string of the molecule is CC(C)S(=O)(=O)CCN1CC=C(c2ccc(O)cc2)CC1. The Morgan fingerprint density at radius 3 is 2.43 bits per heavy atom. The van der Waals surface area contributed by atoms with Gasteiger partial charge in [-0.05, 0) is 43.5 Å². The van der Waals surface area contributed by atoms with Crippen LogP contribution in [0.5, 0.6) is 5.75 Å². The van der Waals surface area contributed by atoms with Gasteiger partial charge in [-0.25, -0.2) is 8.42 Å². The first-order valence-corrected chi connectivity index (χ1v) is 9.02. The van der Waals surface area contributed by atoms with Crippen LogP contribution in [0.2, 0.25) is 0 Å². The van der Waals surface area contributed by atoms with Crippen molar-refractivity contribution in [3.63, 3.8) is 0 Å². The van der Waals surface area contributed by atoms with E-state index in [1.54, 1.807) is 26.0 Å². The average molecular weight is 309 g/mol. The number of sulfone groups is 1. The average Bonchev–Trinajstić information content (AvgIpc) is 2.46. The highest BCUT2D eigenvalue weighted by molar-refractivity contribution is 7.92. The normalized spacial score (nSPS) is 17.0. The molecule has 0 aromatic heterocycles. The van der Waals surface area contributed by atoms with Gasteiger partial charge >= 0.3 is 0 Å². The molecule has 1 aliphatic heterocycles. The summed E-state index contributed by atoms with van der Waals surface area (Å²) in [6.07, 6.45) is 3.06. The van der Waals surface area contributed by atoms with Gasteiger partial charge in [-0.2, -0.15) is 0 Å². The van der Waals surface area contributed by atoms with Gasteiger partial charge < -0.3 is 5.11 Å². The number of rotatable bonds is 5. The van der Waals surface area contributed by atoms with Gasteiger partial charge in [0.05, 0.1) is 11.0 Å². The molecule has 0 radical (unpaired) electrons. The third-order valence-electron chi connectivity index (χ3n) is 3.94. The van der Waals surface area contributed by atoms with Gasteiger partial charge in [0.25, 0.3) is 0 Å². The van der Waals surface area contributed by atoms with Gasteiger partial charge in [0.2, 0.25) is 0 Å². The van der Waals surface area contributed by atoms with E-state index < -0.39 is 9.84 Å². The Balaban J connectivity index is 1.92. The summed E-state index contributed by atoms with van der Waals surface area (Å²) in [6, 6.07) is 7.22. The van der Waals surface area contributed by atoms with Crippen molar-refractivity contribution < 1.29 is 13.5 Å². The van der Waals surface area contributed by atoms with E-state index in [9.17, 15) is 13.5 Å². The molecule has 0 amide bonds. The summed E-state index contributed by atoms with van der Waals surface area (Å²) in [5, 5.41) is 9.00. The second-order valence-electron chi connectivity index (χ2n) is 5.74. The standard InChI is InChI=1S/C16H23NO3S/c1-13(2)21(19,20)12-11-17-9-7-15(8-10-17)14-3-5-16(18)6-4-14/h3-7,13,18H,8-12H2,1-2H3. The molecule has 1 aromatic carbocycles. The van der Waals surface area contributed by atoms with E-state index in [4.69, 9.17) is 0 Å². The van der Waals surface area contributed by atoms with E-state index in [0.29, 0.717) is 6.54 Å². The lowest BCUT2D eigenvalue weighted by Gasteiger charge is -2.26. The Labute approximate surface area is 127 Å². The lowest BCUT2D eigenvalue weighted by atomic mass is 9.99. The molecule has 0 fully saturated rings. The minimum atomic E-state index is -2.96. The maximum absolute atomic E-state index is 11.8. The van der Waals surface area contributed by atoms with Gasteiger partial charge in [-0.3, -0.25) is 4.90 Å². The van der Waals surface area contributed by atoms with Crippen LogP contribution in [-0.4, -0.2) is 49.1 Å². The summed E-state index contributed by atoms with van der Waals surface area (Å²) in [7, 11) is -2.96. The summed E-state index contributed by atoms with van der Waals surface area (Å²) in [6.45, 7) is 5.72. The molecule has 0 spiro atoms. The molecule has 0 saturated carbocycles. The highest BCUT2D eigenvalue weighted by Crippen LogP contribution is 2.23. The summed E-state index contributed by atoms with van der Waals surface area (Å²) in [5.41, 5.74) is 2.39. The number of phenols is 1. The van der Waals surface area contributed by atoms with Crippen molar-refractivity contribution >= 4 is 15.4 Å². The molecule has 0 bridgehead atoms. The summed E-state index contributed by atoms with van der Waals surface area (Å²) < 4.78 is 23.6. The van der Waals surface area contributed by atoms with Crippen LogP contribution in [0.4, 0.5) is 0 Å². The van der Waals surface area contributed by atoms with Gasteiger partial charge in [-0.1, -0.05) is 18.2 Å². The van der Waals surface area contributed by atoms with Gasteiger partial charge in [0, 0.05) is 19.6 Å². The largest absolute Gasteiger partial charge is 0.508 e. The molecule has 116 valence electrons. The van der Waals surface area contributed by atoms with Gasteiger partial charge in [0.15, 0.2) is 9.84 Å². The molecule has 21 heavy (non-hydrogen) atoms. The van der Waals surface area contributed by atoms with Gasteiger partial charge in [-0.15, -0.1) is 0 Å². The van der Waals surface area contributed by atoms with Crippen LogP contribution in [0.25, 0.3) is 5.57 Å². The molecular formula is C16H23NO3S. The molecule has 0 saturated heterocycles. The Morgan fingerprint density at radius 2 is 1.90 bits per heavy atom. The van der Waals surface area contributed by atoms with E-state index in [-0.39, 0.29) is 16.8 Å². The lowest BCUT2D eigenvalue weighted by molar-refractivity contribution is 0.319. The zero-order chi connectivity index (χ0) is 15.5. The predicted molar refractivity (Wildman–Crippen MR) is 86.1 cm³/mol. The molecule has 1 aliphatic rings. The lowest BCUT2D eigenvalue weighted by Crippen LogP contribution is -2.34. The van der Waals surface area contributed by atoms with E-state index in [0.717, 1.165) is 25.1 Å². The molecule has 0 aliphatic carbocycles. The van der Waals surface area contributed by atoms with E-state index >= 15 is 0 Å². The summed E-state index contributed by atoms with van der Waals surface area (Å²) in [5.74, 6) is 0.503. The van der Waals surface area contributed by atoms with Crippen LogP contribution in [0.15, 0.2) is 30.3 Å². The van der Waals surface area contributed by atoms with Crippen molar-refractivity contribution in [3.8, 4) is 5.75 Å². The highest BCUT2D eigenvalue weighted by Gasteiger charge is 2.19. The molecule has 1 aromatic rings. The number of phenolic OH excluding ortho intramolecular Hbond substituents is 1. The Kier molecular flexibility index (Phi) is 5.06. The maximum Gasteiger partial charge on any atom is 0.153 e. The van der Waals surface area contributed by atoms with Crippen LogP contribution >= 0.6 is 0 Å². The summed E-state index contributed by atoms with van der Waals surface area (Å²) in [4.78, 5) is 2.17. The van der Waals surface area contributed by atoms with E-state index in [1.807, 2.05) is 12.1 Å². The molecule has 2 rings (SSSR count). The Morgan fingerprint density at radius 1 is 1.24 bits per heavy atom. The fraction of sp³-hybridized carbons (Fsp3) is 0.500. The third kappa shape index (κ3) is 4.32. The fourth-order valence-corrected chi connectivity index (χ4v) is 3.33. The molecule has 4 nitrogen and oxygen atoms in total. The van der Waals surface area contributed by atoms with Crippen molar-refractivity contribution in [1.82, 2.24) is 4.90 Å². The Hall–Kier alpha value is -1.33. The van der Waals surface area contributed by atoms with Crippen LogP contribution in [0.1, 0.15) is 25.8 Å². The molecule has 5 heteroatoms. The third-order valence-corrected chi connectivity index (χ3v) is 6.13. The zero-order valence-corrected chi connectivity index (χ0v) is 13.4.